The minimum Gasteiger partial charge on any atom is -0.511 e. The largest absolute Gasteiger partial charge is 0.764 e. The van der Waals surface area contributed by atoms with E-state index < -0.39 is 9.17 Å². The molecule has 0 rings (SSSR count). The molecule has 1 N–H and O–H groups in total. The Morgan fingerprint density at radius 2 is 2.14 bits per heavy atom. The fourth-order valence-corrected chi connectivity index (χ4v) is 1.44. The van der Waals surface area contributed by atoms with Crippen molar-refractivity contribution in [3.63, 3.8) is 0 Å². The Labute approximate surface area is 87.7 Å². The van der Waals surface area contributed by atoms with Gasteiger partial charge in [0.1, 0.15) is 0 Å². The summed E-state index contributed by atoms with van der Waals surface area (Å²) >= 11 is 0. The fourth-order valence-electron chi connectivity index (χ4n) is 1.15. The Bertz CT molecular complexity index is 198. The summed E-state index contributed by atoms with van der Waals surface area (Å²) in [6.07, 6.45) is 5.26. The van der Waals surface area contributed by atoms with Crippen LogP contribution < -0.4 is 0 Å². The SMILES string of the molecule is CC(C)=CCCC(C)CCO[Si](=O)O. The van der Waals surface area contributed by atoms with Crippen molar-refractivity contribution in [3.05, 3.63) is 11.6 Å². The lowest BCUT2D eigenvalue weighted by Crippen LogP contribution is -2.09. The molecule has 0 bridgehead atoms. The van der Waals surface area contributed by atoms with Crippen LogP contribution >= 0.6 is 0 Å². The molecule has 82 valence electrons. The van der Waals surface area contributed by atoms with Gasteiger partial charge in [-0.2, -0.15) is 0 Å². The second-order valence-corrected chi connectivity index (χ2v) is 4.69. The molecule has 1 atom stereocenters. The van der Waals surface area contributed by atoms with E-state index in [0.717, 1.165) is 19.3 Å². The van der Waals surface area contributed by atoms with Gasteiger partial charge in [0.25, 0.3) is 0 Å². The van der Waals surface area contributed by atoms with E-state index in [0.29, 0.717) is 12.5 Å². The molecule has 0 spiro atoms. The zero-order valence-corrected chi connectivity index (χ0v) is 10.2. The maximum Gasteiger partial charge on any atom is 0.764 e. The van der Waals surface area contributed by atoms with Gasteiger partial charge in [0.05, 0.1) is 6.61 Å². The lowest BCUT2D eigenvalue weighted by Gasteiger charge is -2.09. The van der Waals surface area contributed by atoms with Gasteiger partial charge in [-0.1, -0.05) is 18.6 Å². The average molecular weight is 216 g/mol. The summed E-state index contributed by atoms with van der Waals surface area (Å²) in [6.45, 7) is 6.71. The second kappa shape index (κ2) is 7.73. The van der Waals surface area contributed by atoms with Crippen molar-refractivity contribution in [2.75, 3.05) is 6.61 Å². The van der Waals surface area contributed by atoms with Crippen LogP contribution in [0.25, 0.3) is 0 Å². The molecule has 1 unspecified atom stereocenters. The van der Waals surface area contributed by atoms with Gasteiger partial charge in [-0.05, 0) is 39.0 Å². The Hall–Kier alpha value is -0.643. The van der Waals surface area contributed by atoms with Crippen LogP contribution in [-0.2, 0) is 8.89 Å². The summed E-state index contributed by atoms with van der Waals surface area (Å²) < 4.78 is 14.9. The van der Waals surface area contributed by atoms with Crippen LogP contribution in [0, 0.1) is 5.92 Å². The zero-order valence-electron chi connectivity index (χ0n) is 9.25. The van der Waals surface area contributed by atoms with E-state index in [1.165, 1.54) is 5.57 Å². The summed E-state index contributed by atoms with van der Waals surface area (Å²) in [7, 11) is -2.73. The van der Waals surface area contributed by atoms with Crippen molar-refractivity contribution >= 4 is 9.17 Å². The first kappa shape index (κ1) is 13.4. The van der Waals surface area contributed by atoms with E-state index in [1.807, 2.05) is 0 Å². The topological polar surface area (TPSA) is 46.5 Å². The van der Waals surface area contributed by atoms with Gasteiger partial charge < -0.3 is 9.22 Å². The summed E-state index contributed by atoms with van der Waals surface area (Å²) in [6, 6.07) is 0. The number of rotatable bonds is 7. The first-order valence-corrected chi connectivity index (χ1v) is 6.28. The minimum absolute atomic E-state index is 0.393. The number of hydrogen-bond donors (Lipinski definition) is 1. The van der Waals surface area contributed by atoms with Crippen molar-refractivity contribution in [2.24, 2.45) is 5.92 Å². The van der Waals surface area contributed by atoms with E-state index in [4.69, 9.17) is 4.80 Å². The third kappa shape index (κ3) is 9.44. The predicted molar refractivity (Wildman–Crippen MR) is 57.1 cm³/mol. The molecule has 0 aliphatic heterocycles. The van der Waals surface area contributed by atoms with Crippen molar-refractivity contribution in [1.29, 1.82) is 0 Å². The maximum absolute atomic E-state index is 10.2. The lowest BCUT2D eigenvalue weighted by molar-refractivity contribution is 0.207. The first-order chi connectivity index (χ1) is 6.52. The highest BCUT2D eigenvalue weighted by Gasteiger charge is 2.05. The van der Waals surface area contributed by atoms with Crippen LogP contribution in [-0.4, -0.2) is 20.6 Å². The highest BCUT2D eigenvalue weighted by molar-refractivity contribution is 6.24. The molecule has 0 aliphatic carbocycles. The van der Waals surface area contributed by atoms with Crippen molar-refractivity contribution in [2.45, 2.75) is 40.0 Å². The Kier molecular flexibility index (Phi) is 7.38. The van der Waals surface area contributed by atoms with Crippen LogP contribution in [0.2, 0.25) is 0 Å². The van der Waals surface area contributed by atoms with E-state index in [2.05, 4.69) is 31.3 Å². The van der Waals surface area contributed by atoms with Gasteiger partial charge in [-0.25, -0.2) is 0 Å². The summed E-state index contributed by atoms with van der Waals surface area (Å²) in [5.41, 5.74) is 1.34. The van der Waals surface area contributed by atoms with Crippen molar-refractivity contribution in [1.82, 2.24) is 0 Å². The molecule has 0 saturated heterocycles. The van der Waals surface area contributed by atoms with Crippen molar-refractivity contribution in [3.8, 4) is 0 Å². The quantitative estimate of drug-likeness (QED) is 0.524. The maximum atomic E-state index is 10.2. The molecular formula is C10H20O3Si. The molecule has 3 nitrogen and oxygen atoms in total. The second-order valence-electron chi connectivity index (χ2n) is 3.87. The minimum atomic E-state index is -2.73. The van der Waals surface area contributed by atoms with Gasteiger partial charge in [0.2, 0.25) is 0 Å². The highest BCUT2D eigenvalue weighted by Crippen LogP contribution is 2.11. The van der Waals surface area contributed by atoms with Gasteiger partial charge in [0, 0.05) is 0 Å². The van der Waals surface area contributed by atoms with Gasteiger partial charge in [0.15, 0.2) is 0 Å². The third-order valence-corrected chi connectivity index (χ3v) is 2.50. The molecular weight excluding hydrogens is 196 g/mol. The van der Waals surface area contributed by atoms with E-state index >= 15 is 0 Å². The normalized spacial score (nSPS) is 11.9. The molecule has 0 aliphatic rings. The molecule has 0 heterocycles. The highest BCUT2D eigenvalue weighted by atomic mass is 28.3. The van der Waals surface area contributed by atoms with E-state index in [-0.39, 0.29) is 0 Å². The molecule has 14 heavy (non-hydrogen) atoms. The van der Waals surface area contributed by atoms with Gasteiger partial charge >= 0.3 is 9.17 Å². The molecule has 0 amide bonds. The average Bonchev–Trinajstić information content (AvgIpc) is 2.02. The Morgan fingerprint density at radius 1 is 1.50 bits per heavy atom. The van der Waals surface area contributed by atoms with Crippen LogP contribution in [0.4, 0.5) is 0 Å². The molecule has 0 radical (unpaired) electrons. The van der Waals surface area contributed by atoms with Crippen molar-refractivity contribution < 1.29 is 13.7 Å². The Balaban J connectivity index is 3.41. The lowest BCUT2D eigenvalue weighted by atomic mass is 10.0. The van der Waals surface area contributed by atoms with E-state index in [1.54, 1.807) is 0 Å². The molecule has 0 saturated carbocycles. The molecule has 0 aromatic heterocycles. The fraction of sp³-hybridized carbons (Fsp3) is 0.800. The molecule has 4 heteroatoms. The summed E-state index contributed by atoms with van der Waals surface area (Å²) in [4.78, 5) is 8.43. The zero-order chi connectivity index (χ0) is 11.0. The smallest absolute Gasteiger partial charge is 0.511 e. The monoisotopic (exact) mass is 216 g/mol. The van der Waals surface area contributed by atoms with Crippen LogP contribution in [0.3, 0.4) is 0 Å². The third-order valence-electron chi connectivity index (χ3n) is 2.05. The van der Waals surface area contributed by atoms with Crippen LogP contribution in [0.5, 0.6) is 0 Å². The van der Waals surface area contributed by atoms with E-state index in [9.17, 15) is 4.46 Å². The summed E-state index contributed by atoms with van der Waals surface area (Å²) in [5, 5.41) is 0. The molecule has 0 fully saturated rings. The molecule has 0 aromatic rings. The van der Waals surface area contributed by atoms with Crippen LogP contribution in [0.15, 0.2) is 11.6 Å². The number of hydrogen-bond acceptors (Lipinski definition) is 2. The summed E-state index contributed by atoms with van der Waals surface area (Å²) in [5.74, 6) is 0.548. The number of allylic oxidation sites excluding steroid dienone is 2. The molecule has 0 aromatic carbocycles. The van der Waals surface area contributed by atoms with Crippen LogP contribution in [0.1, 0.15) is 40.0 Å². The van der Waals surface area contributed by atoms with Gasteiger partial charge in [-0.3, -0.25) is 4.46 Å². The Morgan fingerprint density at radius 3 is 2.64 bits per heavy atom. The predicted octanol–water partition coefficient (Wildman–Crippen LogP) is 2.18. The standard InChI is InChI=1S/C10H20O3Si/c1-9(2)5-4-6-10(3)7-8-13-14(11)12/h5,10-11H,4,6-8H2,1-3H3. The first-order valence-electron chi connectivity index (χ1n) is 5.01. The van der Waals surface area contributed by atoms with Gasteiger partial charge in [-0.15, -0.1) is 0 Å².